The third-order valence-corrected chi connectivity index (χ3v) is 3.36. The highest BCUT2D eigenvalue weighted by molar-refractivity contribution is 6.01. The van der Waals surface area contributed by atoms with Crippen LogP contribution in [0.1, 0.15) is 39.1 Å². The Balaban J connectivity index is 2.24. The molecule has 0 aliphatic rings. The third-order valence-electron chi connectivity index (χ3n) is 3.36. The van der Waals surface area contributed by atoms with Crippen LogP contribution in [-0.2, 0) is 12.8 Å². The minimum atomic E-state index is -0.296. The Morgan fingerprint density at radius 2 is 1.95 bits per heavy atom. The molecule has 1 amide bonds. The van der Waals surface area contributed by atoms with Gasteiger partial charge < -0.3 is 14.6 Å². The highest BCUT2D eigenvalue weighted by Crippen LogP contribution is 2.19. The number of carbonyl (C=O) groups excluding carboxylic acids is 2. The molecule has 0 radical (unpaired) electrons. The molecule has 2 rings (SSSR count). The molecule has 1 aromatic heterocycles. The summed E-state index contributed by atoms with van der Waals surface area (Å²) in [6, 6.07) is 6.78. The third kappa shape index (κ3) is 3.16. The van der Waals surface area contributed by atoms with Gasteiger partial charge in [0.05, 0.1) is 19.2 Å². The first-order valence-electron chi connectivity index (χ1n) is 6.97. The maximum atomic E-state index is 12.3. The van der Waals surface area contributed by atoms with Crippen molar-refractivity contribution in [1.82, 2.24) is 10.5 Å². The molecule has 0 bridgehead atoms. The number of methoxy groups -OCH3 is 1. The number of hydrogen-bond acceptors (Lipinski definition) is 5. The number of hydrogen-bond donors (Lipinski definition) is 1. The highest BCUT2D eigenvalue weighted by Gasteiger charge is 2.23. The standard InChI is InChI=1S/C16H18N2O4/c1-4-12-15(16(20)17-2)14(22-18-12)9-13(19)10-5-7-11(21-3)8-6-10/h5-8H,4,9H2,1-3H3,(H,17,20). The minimum Gasteiger partial charge on any atom is -0.497 e. The summed E-state index contributed by atoms with van der Waals surface area (Å²) < 4.78 is 10.2. The Bertz CT molecular complexity index is 674. The minimum absolute atomic E-state index is 0.0118. The Morgan fingerprint density at radius 3 is 2.50 bits per heavy atom. The summed E-state index contributed by atoms with van der Waals surface area (Å²) >= 11 is 0. The van der Waals surface area contributed by atoms with Crippen LogP contribution in [0.5, 0.6) is 5.75 Å². The number of aromatic nitrogens is 1. The smallest absolute Gasteiger partial charge is 0.256 e. The van der Waals surface area contributed by atoms with Crippen molar-refractivity contribution in [2.75, 3.05) is 14.2 Å². The van der Waals surface area contributed by atoms with Gasteiger partial charge in [-0.05, 0) is 30.7 Å². The van der Waals surface area contributed by atoms with Crippen molar-refractivity contribution in [3.05, 3.63) is 46.8 Å². The molecule has 0 saturated carbocycles. The maximum absolute atomic E-state index is 12.3. The van der Waals surface area contributed by atoms with Crippen LogP contribution in [0.4, 0.5) is 0 Å². The lowest BCUT2D eigenvalue weighted by atomic mass is 10.0. The largest absolute Gasteiger partial charge is 0.497 e. The van der Waals surface area contributed by atoms with Gasteiger partial charge in [-0.3, -0.25) is 9.59 Å². The first kappa shape index (κ1) is 15.8. The fraction of sp³-hybridized carbons (Fsp3) is 0.312. The molecule has 0 saturated heterocycles. The lowest BCUT2D eigenvalue weighted by Crippen LogP contribution is -2.21. The van der Waals surface area contributed by atoms with Crippen LogP contribution in [0, 0.1) is 0 Å². The number of Topliss-reactive ketones (excluding diaryl/α,β-unsaturated/α-hetero) is 1. The van der Waals surface area contributed by atoms with Gasteiger partial charge in [0.2, 0.25) is 0 Å². The van der Waals surface area contributed by atoms with Crippen molar-refractivity contribution < 1.29 is 18.8 Å². The molecule has 6 nitrogen and oxygen atoms in total. The molecule has 116 valence electrons. The summed E-state index contributed by atoms with van der Waals surface area (Å²) in [5.74, 6) is 0.523. The fourth-order valence-corrected chi connectivity index (χ4v) is 2.13. The van der Waals surface area contributed by atoms with Crippen molar-refractivity contribution in [2.45, 2.75) is 19.8 Å². The number of rotatable bonds is 6. The number of aryl methyl sites for hydroxylation is 1. The molecule has 0 fully saturated rings. The predicted octanol–water partition coefficient (Wildman–Crippen LogP) is 2.03. The average Bonchev–Trinajstić information content (AvgIpc) is 2.96. The zero-order valence-electron chi connectivity index (χ0n) is 12.8. The second-order valence-electron chi connectivity index (χ2n) is 4.69. The topological polar surface area (TPSA) is 81.4 Å². The van der Waals surface area contributed by atoms with Crippen LogP contribution >= 0.6 is 0 Å². The number of ether oxygens (including phenoxy) is 1. The number of nitrogens with one attached hydrogen (secondary N) is 1. The molecule has 0 aliphatic carbocycles. The maximum Gasteiger partial charge on any atom is 0.256 e. The Morgan fingerprint density at radius 1 is 1.27 bits per heavy atom. The Hall–Kier alpha value is -2.63. The van der Waals surface area contributed by atoms with E-state index in [4.69, 9.17) is 9.26 Å². The van der Waals surface area contributed by atoms with Gasteiger partial charge in [-0.15, -0.1) is 0 Å². The van der Waals surface area contributed by atoms with Crippen LogP contribution in [0.15, 0.2) is 28.8 Å². The van der Waals surface area contributed by atoms with E-state index in [0.717, 1.165) is 0 Å². The molecule has 22 heavy (non-hydrogen) atoms. The number of carbonyl (C=O) groups is 2. The van der Waals surface area contributed by atoms with Crippen molar-refractivity contribution in [2.24, 2.45) is 0 Å². The second-order valence-corrected chi connectivity index (χ2v) is 4.69. The number of nitrogens with zero attached hydrogens (tertiary/aromatic N) is 1. The van der Waals surface area contributed by atoms with E-state index in [0.29, 0.717) is 29.0 Å². The molecular weight excluding hydrogens is 284 g/mol. The zero-order chi connectivity index (χ0) is 16.1. The summed E-state index contributed by atoms with van der Waals surface area (Å²) in [5, 5.41) is 6.41. The molecule has 0 unspecified atom stereocenters. The molecule has 1 N–H and O–H groups in total. The van der Waals surface area contributed by atoms with Gasteiger partial charge in [-0.1, -0.05) is 12.1 Å². The summed E-state index contributed by atoms with van der Waals surface area (Å²) in [7, 11) is 3.09. The van der Waals surface area contributed by atoms with Gasteiger partial charge in [0, 0.05) is 12.6 Å². The van der Waals surface area contributed by atoms with Crippen molar-refractivity contribution in [1.29, 1.82) is 0 Å². The summed E-state index contributed by atoms with van der Waals surface area (Å²) in [6.07, 6.45) is 0.547. The van der Waals surface area contributed by atoms with E-state index in [1.165, 1.54) is 7.05 Å². The van der Waals surface area contributed by atoms with Gasteiger partial charge in [0.25, 0.3) is 5.91 Å². The molecule has 0 atom stereocenters. The number of benzene rings is 1. The van der Waals surface area contributed by atoms with Crippen LogP contribution in [0.25, 0.3) is 0 Å². The van der Waals surface area contributed by atoms with Crippen LogP contribution in [0.2, 0.25) is 0 Å². The van der Waals surface area contributed by atoms with Crippen LogP contribution in [0.3, 0.4) is 0 Å². The Kier molecular flexibility index (Phi) is 4.93. The van der Waals surface area contributed by atoms with E-state index in [1.54, 1.807) is 31.4 Å². The van der Waals surface area contributed by atoms with Crippen LogP contribution < -0.4 is 10.1 Å². The predicted molar refractivity (Wildman–Crippen MR) is 80.3 cm³/mol. The van der Waals surface area contributed by atoms with Crippen molar-refractivity contribution >= 4 is 11.7 Å². The average molecular weight is 302 g/mol. The SMILES string of the molecule is CCc1noc(CC(=O)c2ccc(OC)cc2)c1C(=O)NC. The normalized spacial score (nSPS) is 10.3. The first-order chi connectivity index (χ1) is 10.6. The molecule has 1 heterocycles. The number of ketones is 1. The molecule has 6 heteroatoms. The molecular formula is C16H18N2O4. The van der Waals surface area contributed by atoms with E-state index < -0.39 is 0 Å². The Labute approximate surface area is 128 Å². The number of amides is 1. The van der Waals surface area contributed by atoms with Gasteiger partial charge in [0.15, 0.2) is 11.5 Å². The van der Waals surface area contributed by atoms with Crippen molar-refractivity contribution in [3.8, 4) is 5.75 Å². The quantitative estimate of drug-likeness (QED) is 0.826. The van der Waals surface area contributed by atoms with Gasteiger partial charge in [-0.2, -0.15) is 0 Å². The summed E-state index contributed by atoms with van der Waals surface area (Å²) in [6.45, 7) is 1.87. The molecule has 0 aliphatic heterocycles. The summed E-state index contributed by atoms with van der Waals surface area (Å²) in [4.78, 5) is 24.3. The molecule has 2 aromatic rings. The second kappa shape index (κ2) is 6.89. The van der Waals surface area contributed by atoms with Gasteiger partial charge in [0.1, 0.15) is 11.3 Å². The molecule has 0 spiro atoms. The zero-order valence-corrected chi connectivity index (χ0v) is 12.8. The van der Waals surface area contributed by atoms with E-state index in [1.807, 2.05) is 6.92 Å². The lowest BCUT2D eigenvalue weighted by molar-refractivity contribution is 0.0959. The summed E-state index contributed by atoms with van der Waals surface area (Å²) in [5.41, 5.74) is 1.43. The monoisotopic (exact) mass is 302 g/mol. The van der Waals surface area contributed by atoms with Crippen molar-refractivity contribution in [3.63, 3.8) is 0 Å². The molecule has 1 aromatic carbocycles. The van der Waals surface area contributed by atoms with E-state index in [-0.39, 0.29) is 23.9 Å². The van der Waals surface area contributed by atoms with E-state index >= 15 is 0 Å². The van der Waals surface area contributed by atoms with E-state index in [2.05, 4.69) is 10.5 Å². The lowest BCUT2D eigenvalue weighted by Gasteiger charge is -2.03. The van der Waals surface area contributed by atoms with Crippen LogP contribution in [-0.4, -0.2) is 31.0 Å². The van der Waals surface area contributed by atoms with E-state index in [9.17, 15) is 9.59 Å². The highest BCUT2D eigenvalue weighted by atomic mass is 16.5. The fourth-order valence-electron chi connectivity index (χ4n) is 2.13. The van der Waals surface area contributed by atoms with Gasteiger partial charge >= 0.3 is 0 Å². The first-order valence-corrected chi connectivity index (χ1v) is 6.97. The van der Waals surface area contributed by atoms with Gasteiger partial charge in [-0.25, -0.2) is 0 Å².